The fourth-order valence-electron chi connectivity index (χ4n) is 3.01. The van der Waals surface area contributed by atoms with Crippen LogP contribution < -0.4 is 0 Å². The van der Waals surface area contributed by atoms with Gasteiger partial charge in [0.2, 0.25) is 5.03 Å². The predicted molar refractivity (Wildman–Crippen MR) is 102 cm³/mol. The van der Waals surface area contributed by atoms with E-state index in [4.69, 9.17) is 11.6 Å². The highest BCUT2D eigenvalue weighted by molar-refractivity contribution is 7.89. The lowest BCUT2D eigenvalue weighted by Gasteiger charge is -2.15. The summed E-state index contributed by atoms with van der Waals surface area (Å²) in [4.78, 5) is 1.21. The van der Waals surface area contributed by atoms with E-state index < -0.39 is 10.0 Å². The number of halogens is 1. The topological polar surface area (TPSA) is 80.5 Å². The summed E-state index contributed by atoms with van der Waals surface area (Å²) in [7, 11) is -2.31. The van der Waals surface area contributed by atoms with Crippen molar-refractivity contribution in [2.24, 2.45) is 12.1 Å². The number of benzene rings is 2. The third-order valence-corrected chi connectivity index (χ3v) is 6.10. The molecule has 0 saturated carbocycles. The number of hydrogen-bond donors (Lipinski definition) is 0. The molecule has 1 aromatic heterocycles. The van der Waals surface area contributed by atoms with Crippen molar-refractivity contribution in [1.82, 2.24) is 19.4 Å². The van der Waals surface area contributed by atoms with Crippen molar-refractivity contribution in [3.05, 3.63) is 76.9 Å². The second-order valence-electron chi connectivity index (χ2n) is 6.14. The SMILES string of the molecule is Cn1ncc(S(=O)(=O)N2CC(c3ccccc3)C(c3ccc(Cl)cc3)=N2)n1. The molecule has 0 aliphatic carbocycles. The molecule has 1 atom stereocenters. The van der Waals surface area contributed by atoms with Gasteiger partial charge in [0.05, 0.1) is 18.5 Å². The number of hydrazone groups is 1. The first-order valence-corrected chi connectivity index (χ1v) is 10.1. The van der Waals surface area contributed by atoms with E-state index in [2.05, 4.69) is 15.3 Å². The highest BCUT2D eigenvalue weighted by atomic mass is 35.5. The molecule has 1 aliphatic rings. The molecule has 9 heteroatoms. The van der Waals surface area contributed by atoms with E-state index in [1.165, 1.54) is 11.0 Å². The van der Waals surface area contributed by atoms with Gasteiger partial charge in [-0.1, -0.05) is 54.1 Å². The Morgan fingerprint density at radius 3 is 2.41 bits per heavy atom. The molecule has 138 valence electrons. The van der Waals surface area contributed by atoms with Gasteiger partial charge in [0, 0.05) is 18.0 Å². The monoisotopic (exact) mass is 401 g/mol. The summed E-state index contributed by atoms with van der Waals surface area (Å²) >= 11 is 5.99. The van der Waals surface area contributed by atoms with Crippen LogP contribution in [0.1, 0.15) is 17.0 Å². The van der Waals surface area contributed by atoms with E-state index in [1.807, 2.05) is 42.5 Å². The van der Waals surface area contributed by atoms with E-state index >= 15 is 0 Å². The number of hydrogen-bond acceptors (Lipinski definition) is 5. The van der Waals surface area contributed by atoms with Gasteiger partial charge >= 0.3 is 0 Å². The molecule has 1 aliphatic heterocycles. The molecule has 27 heavy (non-hydrogen) atoms. The van der Waals surface area contributed by atoms with Crippen LogP contribution in [0.15, 0.2) is 70.9 Å². The van der Waals surface area contributed by atoms with Crippen LogP contribution in [-0.4, -0.2) is 40.1 Å². The molecule has 2 heterocycles. The lowest BCUT2D eigenvalue weighted by molar-refractivity contribution is 0.447. The summed E-state index contributed by atoms with van der Waals surface area (Å²) in [5.74, 6) is -0.196. The van der Waals surface area contributed by atoms with Gasteiger partial charge in [-0.25, -0.2) is 0 Å². The molecule has 7 nitrogen and oxygen atoms in total. The Kier molecular flexibility index (Phi) is 4.45. The van der Waals surface area contributed by atoms with Gasteiger partial charge in [0.25, 0.3) is 10.0 Å². The van der Waals surface area contributed by atoms with Gasteiger partial charge in [0.1, 0.15) is 0 Å². The van der Waals surface area contributed by atoms with Crippen LogP contribution in [0, 0.1) is 0 Å². The Hall–Kier alpha value is -2.71. The molecule has 1 unspecified atom stereocenters. The van der Waals surface area contributed by atoms with Crippen molar-refractivity contribution < 1.29 is 8.42 Å². The van der Waals surface area contributed by atoms with Crippen LogP contribution in [0.5, 0.6) is 0 Å². The largest absolute Gasteiger partial charge is 0.300 e. The number of aromatic nitrogens is 3. The molecule has 0 amide bonds. The van der Waals surface area contributed by atoms with E-state index in [-0.39, 0.29) is 17.5 Å². The first-order valence-electron chi connectivity index (χ1n) is 8.23. The van der Waals surface area contributed by atoms with Crippen molar-refractivity contribution >= 4 is 27.3 Å². The van der Waals surface area contributed by atoms with Crippen molar-refractivity contribution in [1.29, 1.82) is 0 Å². The Morgan fingerprint density at radius 1 is 1.07 bits per heavy atom. The van der Waals surface area contributed by atoms with Gasteiger partial charge in [-0.2, -0.15) is 27.8 Å². The molecular formula is C18H16ClN5O2S. The first kappa shape index (κ1) is 17.7. The van der Waals surface area contributed by atoms with Crippen LogP contribution in [0.4, 0.5) is 0 Å². The van der Waals surface area contributed by atoms with E-state index in [9.17, 15) is 8.42 Å². The van der Waals surface area contributed by atoms with Crippen LogP contribution in [0.25, 0.3) is 0 Å². The molecule has 3 aromatic rings. The first-order chi connectivity index (χ1) is 12.9. The van der Waals surface area contributed by atoms with Crippen LogP contribution >= 0.6 is 11.6 Å². The number of sulfonamides is 1. The lowest BCUT2D eigenvalue weighted by atomic mass is 9.91. The Labute approximate surface area is 161 Å². The minimum atomic E-state index is -3.88. The summed E-state index contributed by atoms with van der Waals surface area (Å²) in [5.41, 5.74) is 2.48. The van der Waals surface area contributed by atoms with E-state index in [1.54, 1.807) is 19.2 Å². The highest BCUT2D eigenvalue weighted by Crippen LogP contribution is 2.32. The van der Waals surface area contributed by atoms with Crippen molar-refractivity contribution in [3.8, 4) is 0 Å². The van der Waals surface area contributed by atoms with Crippen LogP contribution in [0.3, 0.4) is 0 Å². The van der Waals surface area contributed by atoms with E-state index in [0.29, 0.717) is 10.7 Å². The minimum Gasteiger partial charge on any atom is -0.198 e. The highest BCUT2D eigenvalue weighted by Gasteiger charge is 2.37. The summed E-state index contributed by atoms with van der Waals surface area (Å²) in [5, 5.41) is 12.7. The van der Waals surface area contributed by atoms with Gasteiger partial charge in [0.15, 0.2) is 0 Å². The average Bonchev–Trinajstić information content (AvgIpc) is 3.30. The standard InChI is InChI=1S/C18H16ClN5O2S/c1-23-20-11-17(21-23)27(25,26)24-12-16(13-5-3-2-4-6-13)18(22-24)14-7-9-15(19)10-8-14/h2-11,16H,12H2,1H3. The van der Waals surface area contributed by atoms with E-state index in [0.717, 1.165) is 15.5 Å². The van der Waals surface area contributed by atoms with Gasteiger partial charge in [-0.3, -0.25) is 0 Å². The van der Waals surface area contributed by atoms with Crippen molar-refractivity contribution in [2.75, 3.05) is 6.54 Å². The average molecular weight is 402 g/mol. The quantitative estimate of drug-likeness (QED) is 0.673. The van der Waals surface area contributed by atoms with Gasteiger partial charge in [-0.15, -0.1) is 5.10 Å². The fraction of sp³-hybridized carbons (Fsp3) is 0.167. The third-order valence-electron chi connectivity index (χ3n) is 4.35. The van der Waals surface area contributed by atoms with Crippen molar-refractivity contribution in [2.45, 2.75) is 10.9 Å². The predicted octanol–water partition coefficient (Wildman–Crippen LogP) is 2.66. The molecule has 2 aromatic carbocycles. The summed E-state index contributed by atoms with van der Waals surface area (Å²) in [6, 6.07) is 16.9. The number of nitrogens with zero attached hydrogens (tertiary/aromatic N) is 5. The molecular weight excluding hydrogens is 386 g/mol. The zero-order valence-corrected chi connectivity index (χ0v) is 16.0. The summed E-state index contributed by atoms with van der Waals surface area (Å²) < 4.78 is 27.0. The Balaban J connectivity index is 1.78. The zero-order valence-electron chi connectivity index (χ0n) is 14.4. The molecule has 0 bridgehead atoms. The van der Waals surface area contributed by atoms with Crippen LogP contribution in [0.2, 0.25) is 5.02 Å². The minimum absolute atomic E-state index is 0.127. The Bertz CT molecular complexity index is 1090. The molecule has 0 fully saturated rings. The van der Waals surface area contributed by atoms with Gasteiger partial charge in [-0.05, 0) is 23.3 Å². The normalized spacial score (nSPS) is 17.2. The Morgan fingerprint density at radius 2 is 1.78 bits per heavy atom. The zero-order chi connectivity index (χ0) is 19.0. The smallest absolute Gasteiger partial charge is 0.198 e. The maximum absolute atomic E-state index is 12.9. The summed E-state index contributed by atoms with van der Waals surface area (Å²) in [6.45, 7) is 0.195. The maximum Gasteiger partial charge on any atom is 0.300 e. The fourth-order valence-corrected chi connectivity index (χ4v) is 4.29. The molecule has 0 spiro atoms. The molecule has 4 rings (SSSR count). The van der Waals surface area contributed by atoms with Crippen molar-refractivity contribution in [3.63, 3.8) is 0 Å². The lowest BCUT2D eigenvalue weighted by Crippen LogP contribution is -2.26. The number of aryl methyl sites for hydroxylation is 1. The van der Waals surface area contributed by atoms with Gasteiger partial charge < -0.3 is 0 Å². The summed E-state index contributed by atoms with van der Waals surface area (Å²) in [6.07, 6.45) is 1.22. The van der Waals surface area contributed by atoms with Crippen LogP contribution in [-0.2, 0) is 17.1 Å². The second kappa shape index (κ2) is 6.79. The maximum atomic E-state index is 12.9. The third kappa shape index (κ3) is 3.33. The molecule has 0 N–H and O–H groups in total. The second-order valence-corrected chi connectivity index (χ2v) is 8.36. The molecule has 0 saturated heterocycles. The molecule has 0 radical (unpaired) electrons. The number of rotatable bonds is 4.